The highest BCUT2D eigenvalue weighted by Gasteiger charge is 2.16. The lowest BCUT2D eigenvalue weighted by Gasteiger charge is -2.19. The predicted octanol–water partition coefficient (Wildman–Crippen LogP) is 2.51. The number of ether oxygens (including phenoxy) is 1. The molecule has 1 heterocycles. The molecule has 0 saturated heterocycles. The van der Waals surface area contributed by atoms with Gasteiger partial charge in [0.15, 0.2) is 0 Å². The Bertz CT molecular complexity index is 330. The smallest absolute Gasteiger partial charge is 0.0951 e. The number of methoxy groups -OCH3 is 1. The highest BCUT2D eigenvalue weighted by atomic mass is 16.5. The first-order valence-corrected chi connectivity index (χ1v) is 7.12. The first kappa shape index (κ1) is 13.6. The van der Waals surface area contributed by atoms with Crippen molar-refractivity contribution in [1.29, 1.82) is 0 Å². The average Bonchev–Trinajstić information content (AvgIpc) is 2.68. The molecule has 4 nitrogen and oxygen atoms in total. The predicted molar refractivity (Wildman–Crippen MR) is 72.5 cm³/mol. The molecule has 18 heavy (non-hydrogen) atoms. The van der Waals surface area contributed by atoms with E-state index < -0.39 is 0 Å². The van der Waals surface area contributed by atoms with Gasteiger partial charge in [-0.05, 0) is 12.8 Å². The third-order valence-corrected chi connectivity index (χ3v) is 3.75. The van der Waals surface area contributed by atoms with Crippen molar-refractivity contribution < 1.29 is 4.74 Å². The van der Waals surface area contributed by atoms with Gasteiger partial charge in [-0.3, -0.25) is 0 Å². The van der Waals surface area contributed by atoms with E-state index in [-0.39, 0.29) is 0 Å². The second-order valence-corrected chi connectivity index (χ2v) is 5.11. The second-order valence-electron chi connectivity index (χ2n) is 5.11. The molecule has 0 amide bonds. The molecule has 102 valence electrons. The minimum Gasteiger partial charge on any atom is -0.383 e. The molecule has 0 spiro atoms. The van der Waals surface area contributed by atoms with Gasteiger partial charge in [0.2, 0.25) is 0 Å². The van der Waals surface area contributed by atoms with E-state index in [9.17, 15) is 0 Å². The first-order valence-electron chi connectivity index (χ1n) is 7.12. The summed E-state index contributed by atoms with van der Waals surface area (Å²) in [6.07, 6.45) is 12.1. The average molecular weight is 251 g/mol. The lowest BCUT2D eigenvalue weighted by atomic mass is 10.1. The Morgan fingerprint density at radius 3 is 2.83 bits per heavy atom. The second kappa shape index (κ2) is 7.54. The fourth-order valence-electron chi connectivity index (χ4n) is 2.72. The molecule has 0 bridgehead atoms. The lowest BCUT2D eigenvalue weighted by Crippen LogP contribution is -2.21. The van der Waals surface area contributed by atoms with E-state index in [1.807, 2.05) is 12.5 Å². The van der Waals surface area contributed by atoms with Gasteiger partial charge in [-0.25, -0.2) is 4.98 Å². The van der Waals surface area contributed by atoms with Gasteiger partial charge in [0.05, 0.1) is 18.6 Å². The monoisotopic (exact) mass is 251 g/mol. The van der Waals surface area contributed by atoms with E-state index in [0.29, 0.717) is 6.04 Å². The Kier molecular flexibility index (Phi) is 5.68. The van der Waals surface area contributed by atoms with Crippen LogP contribution in [0.1, 0.15) is 50.3 Å². The molecule has 1 aromatic heterocycles. The van der Waals surface area contributed by atoms with E-state index in [2.05, 4.69) is 14.9 Å². The molecule has 0 aliphatic heterocycles. The Labute approximate surface area is 110 Å². The zero-order chi connectivity index (χ0) is 12.6. The molecule has 0 radical (unpaired) electrons. The third-order valence-electron chi connectivity index (χ3n) is 3.75. The standard InChI is InChI=1S/C14H25N3O/c1-18-9-8-15-10-14-11-16-12-17(14)13-6-4-2-3-5-7-13/h11-13,15H,2-10H2,1H3. The van der Waals surface area contributed by atoms with Crippen molar-refractivity contribution in [3.05, 3.63) is 18.2 Å². The largest absolute Gasteiger partial charge is 0.383 e. The van der Waals surface area contributed by atoms with Gasteiger partial charge < -0.3 is 14.6 Å². The van der Waals surface area contributed by atoms with Crippen LogP contribution in [0.25, 0.3) is 0 Å². The van der Waals surface area contributed by atoms with Crippen LogP contribution in [-0.2, 0) is 11.3 Å². The van der Waals surface area contributed by atoms with Gasteiger partial charge in [0.1, 0.15) is 0 Å². The Balaban J connectivity index is 1.89. The van der Waals surface area contributed by atoms with E-state index in [1.165, 1.54) is 44.2 Å². The van der Waals surface area contributed by atoms with E-state index in [1.54, 1.807) is 7.11 Å². The SMILES string of the molecule is COCCNCc1cncn1C1CCCCCC1. The Hall–Kier alpha value is -0.870. The van der Waals surface area contributed by atoms with Gasteiger partial charge in [-0.1, -0.05) is 25.7 Å². The zero-order valence-corrected chi connectivity index (χ0v) is 11.4. The maximum atomic E-state index is 5.04. The highest BCUT2D eigenvalue weighted by Crippen LogP contribution is 2.27. The maximum absolute atomic E-state index is 5.04. The molecule has 4 heteroatoms. The maximum Gasteiger partial charge on any atom is 0.0951 e. The molecule has 1 aromatic rings. The number of aromatic nitrogens is 2. The van der Waals surface area contributed by atoms with Crippen molar-refractivity contribution in [2.45, 2.75) is 51.1 Å². The topological polar surface area (TPSA) is 39.1 Å². The van der Waals surface area contributed by atoms with E-state index >= 15 is 0 Å². The van der Waals surface area contributed by atoms with Crippen LogP contribution in [-0.4, -0.2) is 29.8 Å². The van der Waals surface area contributed by atoms with E-state index in [0.717, 1.165) is 19.7 Å². The summed E-state index contributed by atoms with van der Waals surface area (Å²) in [6, 6.07) is 0.661. The van der Waals surface area contributed by atoms with Gasteiger partial charge in [-0.15, -0.1) is 0 Å². The number of imidazole rings is 1. The van der Waals surface area contributed by atoms with Crippen LogP contribution in [0.3, 0.4) is 0 Å². The molecule has 0 unspecified atom stereocenters. The molecular weight excluding hydrogens is 226 g/mol. The summed E-state index contributed by atoms with van der Waals surface area (Å²) in [5.41, 5.74) is 1.30. The zero-order valence-electron chi connectivity index (χ0n) is 11.4. The van der Waals surface area contributed by atoms with Gasteiger partial charge in [0, 0.05) is 32.4 Å². The number of nitrogens with one attached hydrogen (secondary N) is 1. The Morgan fingerprint density at radius 1 is 1.33 bits per heavy atom. The summed E-state index contributed by atoms with van der Waals surface area (Å²) >= 11 is 0. The summed E-state index contributed by atoms with van der Waals surface area (Å²) in [7, 11) is 1.73. The van der Waals surface area contributed by atoms with Crippen LogP contribution in [0.5, 0.6) is 0 Å². The number of hydrogen-bond donors (Lipinski definition) is 1. The summed E-state index contributed by atoms with van der Waals surface area (Å²) in [4.78, 5) is 4.32. The lowest BCUT2D eigenvalue weighted by molar-refractivity contribution is 0.199. The van der Waals surface area contributed by atoms with Crippen molar-refractivity contribution >= 4 is 0 Å². The van der Waals surface area contributed by atoms with Crippen LogP contribution in [0.2, 0.25) is 0 Å². The van der Waals surface area contributed by atoms with Crippen molar-refractivity contribution in [1.82, 2.24) is 14.9 Å². The fourth-order valence-corrected chi connectivity index (χ4v) is 2.72. The quantitative estimate of drug-likeness (QED) is 0.624. The third kappa shape index (κ3) is 3.82. The number of hydrogen-bond acceptors (Lipinski definition) is 3. The number of rotatable bonds is 6. The minimum absolute atomic E-state index is 0.661. The molecule has 1 aliphatic rings. The summed E-state index contributed by atoms with van der Waals surface area (Å²) in [6.45, 7) is 2.55. The van der Waals surface area contributed by atoms with Crippen molar-refractivity contribution in [3.63, 3.8) is 0 Å². The van der Waals surface area contributed by atoms with Gasteiger partial charge in [-0.2, -0.15) is 0 Å². The van der Waals surface area contributed by atoms with Crippen LogP contribution >= 0.6 is 0 Å². The molecule has 0 aromatic carbocycles. The van der Waals surface area contributed by atoms with Crippen molar-refractivity contribution in [3.8, 4) is 0 Å². The van der Waals surface area contributed by atoms with Crippen LogP contribution in [0, 0.1) is 0 Å². The molecule has 0 atom stereocenters. The van der Waals surface area contributed by atoms with Crippen molar-refractivity contribution in [2.75, 3.05) is 20.3 Å². The normalized spacial score (nSPS) is 17.8. The van der Waals surface area contributed by atoms with Gasteiger partial charge >= 0.3 is 0 Å². The molecule has 1 N–H and O–H groups in total. The van der Waals surface area contributed by atoms with E-state index in [4.69, 9.17) is 4.74 Å². The summed E-state index contributed by atoms with van der Waals surface area (Å²) in [5.74, 6) is 0. The van der Waals surface area contributed by atoms with Gasteiger partial charge in [0.25, 0.3) is 0 Å². The minimum atomic E-state index is 0.661. The summed E-state index contributed by atoms with van der Waals surface area (Å²) < 4.78 is 7.42. The summed E-state index contributed by atoms with van der Waals surface area (Å²) in [5, 5.41) is 3.40. The molecular formula is C14H25N3O. The fraction of sp³-hybridized carbons (Fsp3) is 0.786. The first-order chi connectivity index (χ1) is 8.92. The van der Waals surface area contributed by atoms with Crippen LogP contribution in [0.15, 0.2) is 12.5 Å². The highest BCUT2D eigenvalue weighted by molar-refractivity contribution is 5.00. The van der Waals surface area contributed by atoms with Crippen molar-refractivity contribution in [2.24, 2.45) is 0 Å². The van der Waals surface area contributed by atoms with Crippen LogP contribution in [0.4, 0.5) is 0 Å². The molecule has 1 fully saturated rings. The van der Waals surface area contributed by atoms with Crippen LogP contribution < -0.4 is 5.32 Å². The number of nitrogens with zero attached hydrogens (tertiary/aromatic N) is 2. The Morgan fingerprint density at radius 2 is 2.11 bits per heavy atom. The molecule has 2 rings (SSSR count). The molecule has 1 saturated carbocycles. The molecule has 1 aliphatic carbocycles.